The van der Waals surface area contributed by atoms with E-state index in [9.17, 15) is 14.3 Å². The summed E-state index contributed by atoms with van der Waals surface area (Å²) < 4.78 is 14.7. The monoisotopic (exact) mass is 269 g/mol. The Morgan fingerprint density at radius 3 is 2.40 bits per heavy atom. The lowest BCUT2D eigenvalue weighted by Gasteiger charge is -2.03. The van der Waals surface area contributed by atoms with Crippen molar-refractivity contribution in [2.24, 2.45) is 7.05 Å². The third-order valence-corrected chi connectivity index (χ3v) is 3.40. The molecule has 0 fully saturated rings. The average molecular weight is 269 g/mol. The van der Waals surface area contributed by atoms with Crippen LogP contribution in [0.25, 0.3) is 22.0 Å². The number of fused-ring (bicyclic) bond motifs is 1. The number of halogens is 1. The molecular weight excluding hydrogens is 257 g/mol. The Bertz CT molecular complexity index is 803. The minimum atomic E-state index is -0.952. The van der Waals surface area contributed by atoms with Crippen LogP contribution >= 0.6 is 0 Å². The summed E-state index contributed by atoms with van der Waals surface area (Å²) in [5.41, 5.74) is 2.85. The van der Waals surface area contributed by atoms with Gasteiger partial charge in [-0.1, -0.05) is 18.2 Å². The molecule has 1 aromatic heterocycles. The number of nitrogens with zero attached hydrogens (tertiary/aromatic N) is 1. The highest BCUT2D eigenvalue weighted by Gasteiger charge is 2.13. The van der Waals surface area contributed by atoms with Crippen LogP contribution in [0.15, 0.2) is 48.7 Å². The van der Waals surface area contributed by atoms with Gasteiger partial charge < -0.3 is 9.67 Å². The van der Waals surface area contributed by atoms with Gasteiger partial charge >= 0.3 is 5.97 Å². The molecule has 0 saturated heterocycles. The molecule has 4 heteroatoms. The maximum absolute atomic E-state index is 12.9. The number of carboxylic acid groups (broad SMARTS) is 1. The molecule has 0 amide bonds. The summed E-state index contributed by atoms with van der Waals surface area (Å²) in [6.45, 7) is 0. The summed E-state index contributed by atoms with van der Waals surface area (Å²) in [5, 5.41) is 9.91. The largest absolute Gasteiger partial charge is 0.478 e. The Labute approximate surface area is 114 Å². The topological polar surface area (TPSA) is 42.2 Å². The van der Waals surface area contributed by atoms with E-state index in [4.69, 9.17) is 0 Å². The molecule has 2 aromatic carbocycles. The van der Waals surface area contributed by atoms with Crippen LogP contribution in [0, 0.1) is 5.82 Å². The molecule has 3 rings (SSSR count). The van der Waals surface area contributed by atoms with Crippen molar-refractivity contribution in [2.75, 3.05) is 0 Å². The average Bonchev–Trinajstić information content (AvgIpc) is 2.77. The van der Waals surface area contributed by atoms with Crippen LogP contribution in [-0.2, 0) is 7.05 Å². The molecule has 0 aliphatic heterocycles. The SMILES string of the molecule is Cn1cc(C(=O)O)c2cc(-c3ccc(F)cc3)ccc21. The Balaban J connectivity index is 2.21. The highest BCUT2D eigenvalue weighted by Crippen LogP contribution is 2.27. The number of hydrogen-bond acceptors (Lipinski definition) is 1. The molecular formula is C16H12FNO2. The molecule has 0 radical (unpaired) electrons. The van der Waals surface area contributed by atoms with Crippen LogP contribution in [0.4, 0.5) is 4.39 Å². The van der Waals surface area contributed by atoms with E-state index in [1.807, 2.05) is 25.2 Å². The second-order valence-corrected chi connectivity index (χ2v) is 4.70. The minimum absolute atomic E-state index is 0.270. The van der Waals surface area contributed by atoms with E-state index in [1.165, 1.54) is 12.1 Å². The van der Waals surface area contributed by atoms with Crippen molar-refractivity contribution in [2.45, 2.75) is 0 Å². The van der Waals surface area contributed by atoms with Crippen LogP contribution in [-0.4, -0.2) is 15.6 Å². The van der Waals surface area contributed by atoms with Gasteiger partial charge in [-0.05, 0) is 35.4 Å². The van der Waals surface area contributed by atoms with Gasteiger partial charge in [0.25, 0.3) is 0 Å². The van der Waals surface area contributed by atoms with Gasteiger partial charge in [-0.25, -0.2) is 9.18 Å². The first-order valence-corrected chi connectivity index (χ1v) is 6.14. The second kappa shape index (κ2) is 4.49. The van der Waals surface area contributed by atoms with Gasteiger partial charge in [-0.3, -0.25) is 0 Å². The van der Waals surface area contributed by atoms with Gasteiger partial charge in [-0.2, -0.15) is 0 Å². The van der Waals surface area contributed by atoms with Crippen LogP contribution in [0.5, 0.6) is 0 Å². The van der Waals surface area contributed by atoms with Crippen LogP contribution in [0.1, 0.15) is 10.4 Å². The molecule has 0 aliphatic carbocycles. The number of rotatable bonds is 2. The highest BCUT2D eigenvalue weighted by atomic mass is 19.1. The van der Waals surface area contributed by atoms with Gasteiger partial charge in [0, 0.05) is 24.1 Å². The molecule has 0 aliphatic rings. The van der Waals surface area contributed by atoms with Gasteiger partial charge in [-0.15, -0.1) is 0 Å². The highest BCUT2D eigenvalue weighted by molar-refractivity contribution is 6.04. The third kappa shape index (κ3) is 1.95. The fraction of sp³-hybridized carbons (Fsp3) is 0.0625. The number of benzene rings is 2. The quantitative estimate of drug-likeness (QED) is 0.771. The van der Waals surface area contributed by atoms with Gasteiger partial charge in [0.2, 0.25) is 0 Å². The smallest absolute Gasteiger partial charge is 0.337 e. The lowest BCUT2D eigenvalue weighted by Crippen LogP contribution is -1.94. The first-order chi connectivity index (χ1) is 9.56. The van der Waals surface area contributed by atoms with Crippen molar-refractivity contribution in [3.8, 4) is 11.1 Å². The van der Waals surface area contributed by atoms with E-state index in [2.05, 4.69) is 0 Å². The lowest BCUT2D eigenvalue weighted by molar-refractivity contribution is 0.0699. The predicted octanol–water partition coefficient (Wildman–Crippen LogP) is 3.68. The molecule has 0 unspecified atom stereocenters. The van der Waals surface area contributed by atoms with Gasteiger partial charge in [0.15, 0.2) is 0 Å². The van der Waals surface area contributed by atoms with Gasteiger partial charge in [0.05, 0.1) is 5.56 Å². The maximum atomic E-state index is 12.9. The Morgan fingerprint density at radius 1 is 1.10 bits per heavy atom. The zero-order chi connectivity index (χ0) is 14.3. The zero-order valence-corrected chi connectivity index (χ0v) is 10.8. The van der Waals surface area contributed by atoms with Crippen molar-refractivity contribution in [1.29, 1.82) is 0 Å². The first kappa shape index (κ1) is 12.4. The number of aromatic nitrogens is 1. The number of aromatic carboxylic acids is 1. The molecule has 0 atom stereocenters. The Morgan fingerprint density at radius 2 is 1.75 bits per heavy atom. The fourth-order valence-electron chi connectivity index (χ4n) is 2.38. The van der Waals surface area contributed by atoms with E-state index in [0.29, 0.717) is 5.39 Å². The number of carboxylic acids is 1. The van der Waals surface area contributed by atoms with Crippen molar-refractivity contribution < 1.29 is 14.3 Å². The summed E-state index contributed by atoms with van der Waals surface area (Å²) in [6, 6.07) is 11.7. The number of aryl methyl sites for hydroxylation is 1. The molecule has 100 valence electrons. The van der Waals surface area contributed by atoms with Crippen LogP contribution < -0.4 is 0 Å². The number of hydrogen-bond donors (Lipinski definition) is 1. The fourth-order valence-corrected chi connectivity index (χ4v) is 2.38. The van der Waals surface area contributed by atoms with Crippen LogP contribution in [0.3, 0.4) is 0 Å². The predicted molar refractivity (Wildman–Crippen MR) is 75.3 cm³/mol. The zero-order valence-electron chi connectivity index (χ0n) is 10.8. The Kier molecular flexibility index (Phi) is 2.79. The van der Waals surface area contributed by atoms with Crippen molar-refractivity contribution in [1.82, 2.24) is 4.57 Å². The maximum Gasteiger partial charge on any atom is 0.337 e. The Hall–Kier alpha value is -2.62. The van der Waals surface area contributed by atoms with Crippen molar-refractivity contribution >= 4 is 16.9 Å². The van der Waals surface area contributed by atoms with Crippen LogP contribution in [0.2, 0.25) is 0 Å². The molecule has 3 nitrogen and oxygen atoms in total. The van der Waals surface area contributed by atoms with Gasteiger partial charge in [0.1, 0.15) is 5.82 Å². The molecule has 0 spiro atoms. The lowest BCUT2D eigenvalue weighted by atomic mass is 10.0. The first-order valence-electron chi connectivity index (χ1n) is 6.14. The second-order valence-electron chi connectivity index (χ2n) is 4.70. The van der Waals surface area contributed by atoms with E-state index >= 15 is 0 Å². The normalized spacial score (nSPS) is 10.9. The molecule has 0 saturated carbocycles. The summed E-state index contributed by atoms with van der Waals surface area (Å²) in [7, 11) is 1.81. The molecule has 1 N–H and O–H groups in total. The molecule has 0 bridgehead atoms. The van der Waals surface area contributed by atoms with E-state index < -0.39 is 5.97 Å². The summed E-state index contributed by atoms with van der Waals surface area (Å²) in [5.74, 6) is -1.24. The minimum Gasteiger partial charge on any atom is -0.478 e. The van der Waals surface area contributed by atoms with E-state index in [-0.39, 0.29) is 11.4 Å². The molecule has 3 aromatic rings. The molecule has 1 heterocycles. The summed E-state index contributed by atoms with van der Waals surface area (Å²) >= 11 is 0. The standard InChI is InChI=1S/C16H12FNO2/c1-18-9-14(16(19)20)13-8-11(4-7-15(13)18)10-2-5-12(17)6-3-10/h2-9H,1H3,(H,19,20). The van der Waals surface area contributed by atoms with Crippen molar-refractivity contribution in [3.05, 3.63) is 60.0 Å². The number of carbonyl (C=O) groups is 1. The summed E-state index contributed by atoms with van der Waals surface area (Å²) in [6.07, 6.45) is 1.60. The molecule has 20 heavy (non-hydrogen) atoms. The third-order valence-electron chi connectivity index (χ3n) is 3.40. The van der Waals surface area contributed by atoms with Crippen molar-refractivity contribution in [3.63, 3.8) is 0 Å². The van der Waals surface area contributed by atoms with E-state index in [1.54, 1.807) is 22.9 Å². The summed E-state index contributed by atoms with van der Waals surface area (Å²) in [4.78, 5) is 11.3. The van der Waals surface area contributed by atoms with E-state index in [0.717, 1.165) is 16.6 Å².